The van der Waals surface area contributed by atoms with Gasteiger partial charge in [0.25, 0.3) is 0 Å². The summed E-state index contributed by atoms with van der Waals surface area (Å²) in [6.07, 6.45) is 3.60. The van der Waals surface area contributed by atoms with Crippen LogP contribution in [0.5, 0.6) is 0 Å². The van der Waals surface area contributed by atoms with Crippen molar-refractivity contribution in [3.63, 3.8) is 0 Å². The molecule has 2 fully saturated rings. The van der Waals surface area contributed by atoms with Crippen LogP contribution < -0.4 is 0 Å². The van der Waals surface area contributed by atoms with E-state index in [0.717, 1.165) is 57.0 Å². The van der Waals surface area contributed by atoms with Crippen molar-refractivity contribution in [1.29, 1.82) is 0 Å². The van der Waals surface area contributed by atoms with Gasteiger partial charge >= 0.3 is 0 Å². The van der Waals surface area contributed by atoms with E-state index in [4.69, 9.17) is 9.26 Å². The third-order valence-electron chi connectivity index (χ3n) is 4.99. The molecule has 23 heavy (non-hydrogen) atoms. The van der Waals surface area contributed by atoms with Crippen LogP contribution in [0.25, 0.3) is 0 Å². The number of carbonyl (C=O) groups is 1. The standard InChI is InChI=1S/C18H28N2O3/c1-18(2,3)17-11-14(19-23-17)10-16(21)15-4-7-20(15)12-13-5-8-22-9-6-13/h11,13,15H,4-10,12H2,1-3H3/t15-/m0/s1. The molecule has 0 unspecified atom stereocenters. The number of rotatable bonds is 5. The van der Waals surface area contributed by atoms with E-state index in [1.807, 2.05) is 6.07 Å². The van der Waals surface area contributed by atoms with E-state index < -0.39 is 0 Å². The molecule has 0 bridgehead atoms. The third-order valence-corrected chi connectivity index (χ3v) is 4.99. The van der Waals surface area contributed by atoms with Gasteiger partial charge in [-0.15, -0.1) is 0 Å². The highest BCUT2D eigenvalue weighted by atomic mass is 16.5. The van der Waals surface area contributed by atoms with E-state index in [1.54, 1.807) is 0 Å². The Morgan fingerprint density at radius 1 is 1.30 bits per heavy atom. The van der Waals surface area contributed by atoms with Crippen molar-refractivity contribution >= 4 is 5.78 Å². The first-order valence-corrected chi connectivity index (χ1v) is 8.74. The van der Waals surface area contributed by atoms with E-state index in [9.17, 15) is 4.79 Å². The lowest BCUT2D eigenvalue weighted by Gasteiger charge is -2.42. The van der Waals surface area contributed by atoms with Crippen molar-refractivity contribution in [2.75, 3.05) is 26.3 Å². The summed E-state index contributed by atoms with van der Waals surface area (Å²) >= 11 is 0. The van der Waals surface area contributed by atoms with Crippen molar-refractivity contribution in [3.05, 3.63) is 17.5 Å². The Bertz CT molecular complexity index is 541. The minimum atomic E-state index is -0.0696. The molecule has 2 saturated heterocycles. The molecule has 5 nitrogen and oxygen atoms in total. The van der Waals surface area contributed by atoms with Crippen LogP contribution in [0.1, 0.15) is 51.5 Å². The van der Waals surface area contributed by atoms with Gasteiger partial charge in [-0.1, -0.05) is 25.9 Å². The van der Waals surface area contributed by atoms with Gasteiger partial charge in [-0.05, 0) is 25.2 Å². The molecule has 1 atom stereocenters. The van der Waals surface area contributed by atoms with Crippen LogP contribution in [0.2, 0.25) is 0 Å². The summed E-state index contributed by atoms with van der Waals surface area (Å²) in [5, 5.41) is 4.07. The van der Waals surface area contributed by atoms with Gasteiger partial charge < -0.3 is 9.26 Å². The predicted octanol–water partition coefficient (Wildman–Crippen LogP) is 2.58. The first kappa shape index (κ1) is 16.7. The zero-order chi connectivity index (χ0) is 16.4. The SMILES string of the molecule is CC(C)(C)c1cc(CC(=O)[C@@H]2CCN2CC2CCOCC2)no1. The van der Waals surface area contributed by atoms with Crippen molar-refractivity contribution in [2.45, 2.75) is 57.9 Å². The molecular formula is C18H28N2O3. The fourth-order valence-electron chi connectivity index (χ4n) is 3.33. The quantitative estimate of drug-likeness (QED) is 0.834. The first-order valence-electron chi connectivity index (χ1n) is 8.74. The lowest BCUT2D eigenvalue weighted by atomic mass is 9.90. The van der Waals surface area contributed by atoms with Gasteiger partial charge in [-0.25, -0.2) is 0 Å². The Morgan fingerprint density at radius 2 is 2.04 bits per heavy atom. The van der Waals surface area contributed by atoms with Crippen LogP contribution in [0, 0.1) is 5.92 Å². The van der Waals surface area contributed by atoms with Gasteiger partial charge in [-0.2, -0.15) is 0 Å². The molecule has 0 amide bonds. The number of carbonyl (C=O) groups excluding carboxylic acids is 1. The van der Waals surface area contributed by atoms with E-state index in [0.29, 0.717) is 12.3 Å². The topological polar surface area (TPSA) is 55.6 Å². The van der Waals surface area contributed by atoms with Crippen LogP contribution in [0.4, 0.5) is 0 Å². The summed E-state index contributed by atoms with van der Waals surface area (Å²) in [5.74, 6) is 1.80. The Balaban J connectivity index is 1.52. The van der Waals surface area contributed by atoms with Gasteiger partial charge in [0.05, 0.1) is 18.2 Å². The molecule has 1 aromatic rings. The maximum absolute atomic E-state index is 12.6. The van der Waals surface area contributed by atoms with E-state index in [2.05, 4.69) is 30.8 Å². The van der Waals surface area contributed by atoms with Crippen molar-refractivity contribution in [3.8, 4) is 0 Å². The van der Waals surface area contributed by atoms with Gasteiger partial charge in [0.2, 0.25) is 0 Å². The Kier molecular flexibility index (Phi) is 4.87. The van der Waals surface area contributed by atoms with E-state index in [-0.39, 0.29) is 17.2 Å². The summed E-state index contributed by atoms with van der Waals surface area (Å²) in [6.45, 7) is 10.1. The van der Waals surface area contributed by atoms with Gasteiger partial charge in [0.1, 0.15) is 5.76 Å². The highest BCUT2D eigenvalue weighted by molar-refractivity contribution is 5.86. The molecule has 3 heterocycles. The summed E-state index contributed by atoms with van der Waals surface area (Å²) in [5.41, 5.74) is 0.692. The summed E-state index contributed by atoms with van der Waals surface area (Å²) in [7, 11) is 0. The number of likely N-dealkylation sites (tertiary alicyclic amines) is 1. The zero-order valence-corrected chi connectivity index (χ0v) is 14.5. The van der Waals surface area contributed by atoms with Crippen LogP contribution in [0.15, 0.2) is 10.6 Å². The second kappa shape index (κ2) is 6.73. The van der Waals surface area contributed by atoms with Crippen molar-refractivity contribution in [1.82, 2.24) is 10.1 Å². The number of Topliss-reactive ketones (excluding diaryl/α,β-unsaturated/α-hetero) is 1. The fraction of sp³-hybridized carbons (Fsp3) is 0.778. The summed E-state index contributed by atoms with van der Waals surface area (Å²) in [6, 6.07) is 2.01. The minimum Gasteiger partial charge on any atom is -0.381 e. The number of aromatic nitrogens is 1. The Morgan fingerprint density at radius 3 is 2.61 bits per heavy atom. The maximum atomic E-state index is 12.6. The molecule has 3 rings (SSSR count). The molecular weight excluding hydrogens is 292 g/mol. The lowest BCUT2D eigenvalue weighted by Crippen LogP contribution is -2.54. The highest BCUT2D eigenvalue weighted by Gasteiger charge is 2.35. The van der Waals surface area contributed by atoms with Gasteiger partial charge in [0, 0.05) is 37.8 Å². The monoisotopic (exact) mass is 320 g/mol. The summed E-state index contributed by atoms with van der Waals surface area (Å²) in [4.78, 5) is 14.9. The second-order valence-corrected chi connectivity index (χ2v) is 7.93. The molecule has 0 spiro atoms. The molecule has 0 N–H and O–H groups in total. The van der Waals surface area contributed by atoms with Crippen LogP contribution in [0.3, 0.4) is 0 Å². The van der Waals surface area contributed by atoms with E-state index in [1.165, 1.54) is 0 Å². The van der Waals surface area contributed by atoms with Crippen molar-refractivity contribution in [2.24, 2.45) is 5.92 Å². The molecule has 0 aliphatic carbocycles. The second-order valence-electron chi connectivity index (χ2n) is 7.93. The first-order chi connectivity index (χ1) is 10.9. The predicted molar refractivity (Wildman–Crippen MR) is 87.4 cm³/mol. The molecule has 128 valence electrons. The fourth-order valence-corrected chi connectivity index (χ4v) is 3.33. The van der Waals surface area contributed by atoms with Crippen molar-refractivity contribution < 1.29 is 14.1 Å². The van der Waals surface area contributed by atoms with Gasteiger partial charge in [-0.3, -0.25) is 9.69 Å². The zero-order valence-electron chi connectivity index (χ0n) is 14.5. The number of hydrogen-bond acceptors (Lipinski definition) is 5. The average Bonchev–Trinajstić information content (AvgIpc) is 2.93. The number of nitrogens with zero attached hydrogens (tertiary/aromatic N) is 2. The Labute approximate surface area is 138 Å². The normalized spacial score (nSPS) is 23.7. The van der Waals surface area contributed by atoms with Crippen LogP contribution >= 0.6 is 0 Å². The number of ether oxygens (including phenoxy) is 1. The molecule has 0 aromatic carbocycles. The molecule has 0 saturated carbocycles. The molecule has 1 aromatic heterocycles. The van der Waals surface area contributed by atoms with Crippen LogP contribution in [-0.2, 0) is 21.4 Å². The third kappa shape index (κ3) is 4.01. The highest BCUT2D eigenvalue weighted by Crippen LogP contribution is 2.26. The molecule has 0 radical (unpaired) electrons. The van der Waals surface area contributed by atoms with E-state index >= 15 is 0 Å². The maximum Gasteiger partial charge on any atom is 0.156 e. The minimum absolute atomic E-state index is 0.0696. The van der Waals surface area contributed by atoms with Gasteiger partial charge in [0.15, 0.2) is 5.78 Å². The molecule has 2 aliphatic heterocycles. The Hall–Kier alpha value is -1.20. The molecule has 5 heteroatoms. The number of hydrogen-bond donors (Lipinski definition) is 0. The van der Waals surface area contributed by atoms with Crippen LogP contribution in [-0.4, -0.2) is 48.2 Å². The number of ketones is 1. The largest absolute Gasteiger partial charge is 0.381 e. The molecule has 2 aliphatic rings. The lowest BCUT2D eigenvalue weighted by molar-refractivity contribution is -0.128. The average molecular weight is 320 g/mol. The smallest absolute Gasteiger partial charge is 0.156 e. The summed E-state index contributed by atoms with van der Waals surface area (Å²) < 4.78 is 10.8.